The second-order valence-electron chi connectivity index (χ2n) is 3.64. The van der Waals surface area contributed by atoms with E-state index < -0.39 is 0 Å². The van der Waals surface area contributed by atoms with Crippen LogP contribution in [-0.2, 0) is 0 Å². The van der Waals surface area contributed by atoms with Gasteiger partial charge in [-0.1, -0.05) is 61.2 Å². The molecule has 1 radical (unpaired) electrons. The lowest BCUT2D eigenvalue weighted by molar-refractivity contribution is 1.57. The van der Waals surface area contributed by atoms with Crippen LogP contribution < -0.4 is 0 Å². The maximum Gasteiger partial charge on any atom is 0.0455 e. The molecule has 0 saturated carbocycles. The van der Waals surface area contributed by atoms with Crippen LogP contribution in [0.1, 0.15) is 0 Å². The maximum atomic E-state index is 5.32. The molecule has 0 unspecified atom stereocenters. The van der Waals surface area contributed by atoms with E-state index in [1.54, 1.807) is 0 Å². The van der Waals surface area contributed by atoms with Crippen LogP contribution in [-0.4, -0.2) is 0 Å². The molecular formula is C14H9S. The van der Waals surface area contributed by atoms with Crippen molar-refractivity contribution in [2.24, 2.45) is 0 Å². The van der Waals surface area contributed by atoms with Gasteiger partial charge in [0.1, 0.15) is 0 Å². The molecule has 3 aromatic rings. The standard InChI is InChI=1S/C14H9S/c15-14-7-3-6-12-11-5-2-1-4-10(11)8-9-13(12)14/h1-9H. The van der Waals surface area contributed by atoms with E-state index >= 15 is 0 Å². The molecule has 3 rings (SSSR count). The van der Waals surface area contributed by atoms with Gasteiger partial charge < -0.3 is 0 Å². The molecule has 1 heteroatoms. The zero-order valence-corrected chi connectivity index (χ0v) is 8.92. The van der Waals surface area contributed by atoms with Gasteiger partial charge in [0.15, 0.2) is 0 Å². The van der Waals surface area contributed by atoms with E-state index in [0.29, 0.717) is 0 Å². The van der Waals surface area contributed by atoms with Gasteiger partial charge in [0.05, 0.1) is 0 Å². The lowest BCUT2D eigenvalue weighted by atomic mass is 10.0. The van der Waals surface area contributed by atoms with E-state index in [1.807, 2.05) is 12.1 Å². The van der Waals surface area contributed by atoms with Gasteiger partial charge in [-0.15, -0.1) is 0 Å². The van der Waals surface area contributed by atoms with E-state index in [1.165, 1.54) is 21.5 Å². The third kappa shape index (κ3) is 1.28. The molecule has 0 nitrogen and oxygen atoms in total. The first-order valence-corrected chi connectivity index (χ1v) is 5.34. The summed E-state index contributed by atoms with van der Waals surface area (Å²) in [5.41, 5.74) is 0. The molecule has 3 aromatic carbocycles. The van der Waals surface area contributed by atoms with Crippen molar-refractivity contribution in [3.05, 3.63) is 54.6 Å². The fourth-order valence-corrected chi connectivity index (χ4v) is 2.27. The average Bonchev–Trinajstić information content (AvgIpc) is 2.29. The van der Waals surface area contributed by atoms with E-state index in [2.05, 4.69) is 42.5 Å². The van der Waals surface area contributed by atoms with Crippen molar-refractivity contribution < 1.29 is 0 Å². The second kappa shape index (κ2) is 3.21. The smallest absolute Gasteiger partial charge is 0.0455 e. The van der Waals surface area contributed by atoms with Crippen LogP contribution in [0.25, 0.3) is 21.5 Å². The van der Waals surface area contributed by atoms with E-state index in [0.717, 1.165) is 4.90 Å². The molecule has 0 saturated heterocycles. The Hall–Kier alpha value is -1.60. The fraction of sp³-hybridized carbons (Fsp3) is 0. The van der Waals surface area contributed by atoms with Crippen molar-refractivity contribution in [2.45, 2.75) is 4.90 Å². The van der Waals surface area contributed by atoms with Crippen LogP contribution in [0.5, 0.6) is 0 Å². The molecule has 0 bridgehead atoms. The van der Waals surface area contributed by atoms with Gasteiger partial charge >= 0.3 is 0 Å². The zero-order chi connectivity index (χ0) is 10.3. The van der Waals surface area contributed by atoms with E-state index in [4.69, 9.17) is 12.6 Å². The molecular weight excluding hydrogens is 200 g/mol. The first-order chi connectivity index (χ1) is 7.36. The van der Waals surface area contributed by atoms with Crippen molar-refractivity contribution in [2.75, 3.05) is 0 Å². The molecule has 0 atom stereocenters. The topological polar surface area (TPSA) is 0 Å². The first kappa shape index (κ1) is 8.69. The Labute approximate surface area is 93.9 Å². The minimum Gasteiger partial charge on any atom is -0.0794 e. The fourth-order valence-electron chi connectivity index (χ4n) is 2.01. The Morgan fingerprint density at radius 2 is 1.40 bits per heavy atom. The van der Waals surface area contributed by atoms with Gasteiger partial charge in [-0.2, -0.15) is 0 Å². The molecule has 0 aromatic heterocycles. The largest absolute Gasteiger partial charge is 0.0794 e. The summed E-state index contributed by atoms with van der Waals surface area (Å²) in [6, 6.07) is 18.8. The minimum absolute atomic E-state index is 0.929. The van der Waals surface area contributed by atoms with Crippen molar-refractivity contribution in [1.82, 2.24) is 0 Å². The molecule has 0 aliphatic heterocycles. The first-order valence-electron chi connectivity index (χ1n) is 4.94. The third-order valence-electron chi connectivity index (χ3n) is 2.75. The highest BCUT2D eigenvalue weighted by Crippen LogP contribution is 2.28. The minimum atomic E-state index is 0.929. The number of hydrogen-bond donors (Lipinski definition) is 0. The highest BCUT2D eigenvalue weighted by Gasteiger charge is 2.01. The number of hydrogen-bond acceptors (Lipinski definition) is 0. The summed E-state index contributed by atoms with van der Waals surface area (Å²) in [4.78, 5) is 0.929. The number of fused-ring (bicyclic) bond motifs is 3. The molecule has 0 aliphatic rings. The monoisotopic (exact) mass is 209 g/mol. The highest BCUT2D eigenvalue weighted by atomic mass is 32.1. The summed E-state index contributed by atoms with van der Waals surface area (Å²) in [5.74, 6) is 0. The molecule has 0 fully saturated rings. The molecule has 0 spiro atoms. The van der Waals surface area contributed by atoms with Crippen molar-refractivity contribution >= 4 is 34.2 Å². The van der Waals surface area contributed by atoms with Gasteiger partial charge in [0, 0.05) is 10.3 Å². The van der Waals surface area contributed by atoms with Gasteiger partial charge in [-0.3, -0.25) is 0 Å². The van der Waals surface area contributed by atoms with Gasteiger partial charge in [0.25, 0.3) is 0 Å². The van der Waals surface area contributed by atoms with Crippen LogP contribution in [0.15, 0.2) is 59.5 Å². The zero-order valence-electron chi connectivity index (χ0n) is 8.10. The molecule has 0 aliphatic carbocycles. The maximum absolute atomic E-state index is 5.32. The predicted molar refractivity (Wildman–Crippen MR) is 67.3 cm³/mol. The molecule has 15 heavy (non-hydrogen) atoms. The highest BCUT2D eigenvalue weighted by molar-refractivity contribution is 7.80. The van der Waals surface area contributed by atoms with Crippen LogP contribution in [0.2, 0.25) is 0 Å². The molecule has 71 valence electrons. The molecule has 0 heterocycles. The summed E-state index contributed by atoms with van der Waals surface area (Å²) in [6.45, 7) is 0. The summed E-state index contributed by atoms with van der Waals surface area (Å²) >= 11 is 5.32. The normalized spacial score (nSPS) is 10.9. The Balaban J connectivity index is 2.60. The van der Waals surface area contributed by atoms with Crippen LogP contribution in [0.3, 0.4) is 0 Å². The summed E-state index contributed by atoms with van der Waals surface area (Å²) in [7, 11) is 0. The lowest BCUT2D eigenvalue weighted by Crippen LogP contribution is -1.78. The second-order valence-corrected chi connectivity index (χ2v) is 4.08. The Morgan fingerprint density at radius 3 is 2.33 bits per heavy atom. The Morgan fingerprint density at radius 1 is 0.600 bits per heavy atom. The quantitative estimate of drug-likeness (QED) is 0.476. The van der Waals surface area contributed by atoms with Crippen molar-refractivity contribution in [1.29, 1.82) is 0 Å². The van der Waals surface area contributed by atoms with Crippen LogP contribution in [0, 0.1) is 0 Å². The predicted octanol–water partition coefficient (Wildman–Crippen LogP) is 4.55. The van der Waals surface area contributed by atoms with Crippen LogP contribution >= 0.6 is 12.6 Å². The lowest BCUT2D eigenvalue weighted by Gasteiger charge is -2.04. The van der Waals surface area contributed by atoms with E-state index in [9.17, 15) is 0 Å². The third-order valence-corrected chi connectivity index (χ3v) is 3.10. The van der Waals surface area contributed by atoms with Gasteiger partial charge in [-0.05, 0) is 22.2 Å². The average molecular weight is 209 g/mol. The summed E-state index contributed by atoms with van der Waals surface area (Å²) in [5, 5.41) is 4.97. The number of rotatable bonds is 0. The van der Waals surface area contributed by atoms with Gasteiger partial charge in [-0.25, -0.2) is 0 Å². The Kier molecular flexibility index (Phi) is 1.86. The number of benzene rings is 3. The van der Waals surface area contributed by atoms with Crippen molar-refractivity contribution in [3.8, 4) is 0 Å². The van der Waals surface area contributed by atoms with E-state index in [-0.39, 0.29) is 0 Å². The summed E-state index contributed by atoms with van der Waals surface area (Å²) < 4.78 is 0. The summed E-state index contributed by atoms with van der Waals surface area (Å²) in [6.07, 6.45) is 0. The Bertz CT molecular complexity index is 641. The van der Waals surface area contributed by atoms with Crippen LogP contribution in [0.4, 0.5) is 0 Å². The molecule has 0 N–H and O–H groups in total. The van der Waals surface area contributed by atoms with Crippen molar-refractivity contribution in [3.63, 3.8) is 0 Å². The SMILES string of the molecule is [S]c1cccc2c1ccc1ccccc12. The molecule has 0 amide bonds. The van der Waals surface area contributed by atoms with Gasteiger partial charge in [0.2, 0.25) is 0 Å².